The van der Waals surface area contributed by atoms with Crippen LogP contribution in [0.4, 0.5) is 14.5 Å². The van der Waals surface area contributed by atoms with Crippen molar-refractivity contribution in [3.05, 3.63) is 112 Å². The second kappa shape index (κ2) is 11.4. The first-order chi connectivity index (χ1) is 18.4. The van der Waals surface area contributed by atoms with Crippen LogP contribution in [0.2, 0.25) is 5.15 Å². The number of nitrogens with zero attached hydrogens (tertiary/aromatic N) is 3. The zero-order valence-electron chi connectivity index (χ0n) is 20.9. The van der Waals surface area contributed by atoms with Gasteiger partial charge in [-0.1, -0.05) is 48.0 Å². The summed E-state index contributed by atoms with van der Waals surface area (Å²) >= 11 is 5.93. The molecule has 5 rings (SSSR count). The third-order valence-electron chi connectivity index (χ3n) is 6.93. The van der Waals surface area contributed by atoms with Crippen LogP contribution < -0.4 is 5.32 Å². The highest BCUT2D eigenvalue weighted by Crippen LogP contribution is 2.33. The van der Waals surface area contributed by atoms with Crippen LogP contribution in [0.3, 0.4) is 0 Å². The molecule has 1 N–H and O–H groups in total. The van der Waals surface area contributed by atoms with Crippen LogP contribution in [-0.4, -0.2) is 33.9 Å². The fourth-order valence-electron chi connectivity index (χ4n) is 4.82. The van der Waals surface area contributed by atoms with Crippen molar-refractivity contribution in [3.63, 3.8) is 0 Å². The number of piperidine rings is 1. The van der Waals surface area contributed by atoms with Crippen molar-refractivity contribution in [3.8, 4) is 11.1 Å². The van der Waals surface area contributed by atoms with Crippen molar-refractivity contribution in [2.45, 2.75) is 32.2 Å². The number of likely N-dealkylation sites (tertiary alicyclic amines) is 1. The first-order valence-electron chi connectivity index (χ1n) is 12.5. The Kier molecular flexibility index (Phi) is 7.77. The van der Waals surface area contributed by atoms with E-state index < -0.39 is 5.95 Å². The minimum atomic E-state index is -0.520. The van der Waals surface area contributed by atoms with Gasteiger partial charge in [0.2, 0.25) is 5.95 Å². The standard InChI is InChI=1S/C30H27ClF2N4O/c1-19-16-26(35-30(38)24-10-13-34-27(31)17-24)28(36-29(19)33)23-11-14-37(15-12-23)18-20-2-4-21(5-3-20)22-6-8-25(32)9-7-22/h2-10,13,16-17,23H,11-12,14-15,18H2,1H3,(H,35,38). The molecule has 8 heteroatoms. The minimum absolute atomic E-state index is 0.0264. The Morgan fingerprint density at radius 1 is 1.00 bits per heavy atom. The zero-order chi connectivity index (χ0) is 26.6. The number of aromatic nitrogens is 2. The molecule has 1 fully saturated rings. The lowest BCUT2D eigenvalue weighted by atomic mass is 9.91. The van der Waals surface area contributed by atoms with E-state index in [9.17, 15) is 13.6 Å². The lowest BCUT2D eigenvalue weighted by Crippen LogP contribution is -2.33. The predicted octanol–water partition coefficient (Wildman–Crippen LogP) is 7.02. The van der Waals surface area contributed by atoms with Crippen LogP contribution in [0.5, 0.6) is 0 Å². The van der Waals surface area contributed by atoms with Crippen molar-refractivity contribution in [1.82, 2.24) is 14.9 Å². The maximum atomic E-state index is 14.5. The number of carbonyl (C=O) groups is 1. The number of halogens is 3. The lowest BCUT2D eigenvalue weighted by Gasteiger charge is -2.32. The highest BCUT2D eigenvalue weighted by atomic mass is 35.5. The Bertz CT molecular complexity index is 1440. The number of hydrogen-bond acceptors (Lipinski definition) is 4. The molecule has 2 aromatic carbocycles. The van der Waals surface area contributed by atoms with E-state index in [1.54, 1.807) is 31.2 Å². The first kappa shape index (κ1) is 25.9. The van der Waals surface area contributed by atoms with Crippen LogP contribution >= 0.6 is 11.6 Å². The average molecular weight is 533 g/mol. The van der Waals surface area contributed by atoms with Gasteiger partial charge in [0.05, 0.1) is 11.4 Å². The number of benzene rings is 2. The van der Waals surface area contributed by atoms with E-state index in [-0.39, 0.29) is 22.8 Å². The number of anilines is 1. The Labute approximate surface area is 225 Å². The van der Waals surface area contributed by atoms with E-state index >= 15 is 0 Å². The summed E-state index contributed by atoms with van der Waals surface area (Å²) in [6.07, 6.45) is 3.07. The molecule has 38 heavy (non-hydrogen) atoms. The molecule has 0 radical (unpaired) electrons. The van der Waals surface area contributed by atoms with E-state index in [0.717, 1.165) is 43.6 Å². The van der Waals surface area contributed by atoms with Gasteiger partial charge in [-0.3, -0.25) is 9.69 Å². The van der Waals surface area contributed by atoms with Crippen molar-refractivity contribution < 1.29 is 13.6 Å². The van der Waals surface area contributed by atoms with Gasteiger partial charge >= 0.3 is 0 Å². The molecule has 3 heterocycles. The Hall–Kier alpha value is -3.68. The van der Waals surface area contributed by atoms with Crippen molar-refractivity contribution >= 4 is 23.2 Å². The van der Waals surface area contributed by atoms with Gasteiger partial charge in [-0.25, -0.2) is 14.4 Å². The van der Waals surface area contributed by atoms with E-state index in [4.69, 9.17) is 11.6 Å². The second-order valence-electron chi connectivity index (χ2n) is 9.60. The van der Waals surface area contributed by atoms with Gasteiger partial charge in [0.1, 0.15) is 11.0 Å². The SMILES string of the molecule is Cc1cc(NC(=O)c2ccnc(Cl)c2)c(C2CCN(Cc3ccc(-c4ccc(F)cc4)cc3)CC2)nc1F. The Morgan fingerprint density at radius 2 is 1.66 bits per heavy atom. The summed E-state index contributed by atoms with van der Waals surface area (Å²) in [5, 5.41) is 3.13. The monoisotopic (exact) mass is 532 g/mol. The molecule has 0 bridgehead atoms. The summed E-state index contributed by atoms with van der Waals surface area (Å²) < 4.78 is 27.7. The van der Waals surface area contributed by atoms with Gasteiger partial charge in [0, 0.05) is 29.8 Å². The maximum Gasteiger partial charge on any atom is 0.255 e. The third-order valence-corrected chi connectivity index (χ3v) is 7.14. The van der Waals surface area contributed by atoms with Gasteiger partial charge in [-0.2, -0.15) is 4.39 Å². The van der Waals surface area contributed by atoms with Gasteiger partial charge in [-0.15, -0.1) is 0 Å². The predicted molar refractivity (Wildman–Crippen MR) is 145 cm³/mol. The molecule has 0 atom stereocenters. The van der Waals surface area contributed by atoms with Gasteiger partial charge in [0.25, 0.3) is 5.91 Å². The molecule has 0 aliphatic carbocycles. The summed E-state index contributed by atoms with van der Waals surface area (Å²) in [7, 11) is 0. The topological polar surface area (TPSA) is 58.1 Å². The first-order valence-corrected chi connectivity index (χ1v) is 12.9. The van der Waals surface area contributed by atoms with Crippen LogP contribution in [0.25, 0.3) is 11.1 Å². The van der Waals surface area contributed by atoms with Gasteiger partial charge in [-0.05, 0) is 79.9 Å². The van der Waals surface area contributed by atoms with Crippen molar-refractivity contribution in [2.75, 3.05) is 18.4 Å². The fourth-order valence-corrected chi connectivity index (χ4v) is 5.00. The number of carbonyl (C=O) groups excluding carboxylic acids is 1. The molecule has 1 aliphatic rings. The smallest absolute Gasteiger partial charge is 0.255 e. The van der Waals surface area contributed by atoms with Gasteiger partial charge in [0.15, 0.2) is 0 Å². The van der Waals surface area contributed by atoms with Crippen LogP contribution in [-0.2, 0) is 6.54 Å². The normalized spacial score (nSPS) is 14.4. The van der Waals surface area contributed by atoms with Crippen LogP contribution in [0, 0.1) is 18.7 Å². The summed E-state index contributed by atoms with van der Waals surface area (Å²) in [6.45, 7) is 4.09. The molecule has 0 saturated carbocycles. The quantitative estimate of drug-likeness (QED) is 0.271. The molecule has 0 unspecified atom stereocenters. The number of rotatable bonds is 6. The molecular weight excluding hydrogens is 506 g/mol. The molecule has 2 aromatic heterocycles. The van der Waals surface area contributed by atoms with E-state index in [1.165, 1.54) is 30.0 Å². The highest BCUT2D eigenvalue weighted by molar-refractivity contribution is 6.29. The van der Waals surface area contributed by atoms with Crippen molar-refractivity contribution in [1.29, 1.82) is 0 Å². The molecule has 1 amide bonds. The molecule has 194 valence electrons. The van der Waals surface area contributed by atoms with Crippen LogP contribution in [0.1, 0.15) is 45.9 Å². The fraction of sp³-hybridized carbons (Fsp3) is 0.233. The molecule has 1 aliphatic heterocycles. The number of amides is 1. The zero-order valence-corrected chi connectivity index (χ0v) is 21.7. The Morgan fingerprint density at radius 3 is 2.32 bits per heavy atom. The summed E-state index contributed by atoms with van der Waals surface area (Å²) in [6, 6.07) is 19.5. The minimum Gasteiger partial charge on any atom is -0.320 e. The average Bonchev–Trinajstić information content (AvgIpc) is 2.92. The van der Waals surface area contributed by atoms with Gasteiger partial charge < -0.3 is 5.32 Å². The second-order valence-corrected chi connectivity index (χ2v) is 9.99. The lowest BCUT2D eigenvalue weighted by molar-refractivity contribution is 0.102. The number of pyridine rings is 2. The largest absolute Gasteiger partial charge is 0.320 e. The molecule has 5 nitrogen and oxygen atoms in total. The molecule has 1 saturated heterocycles. The third kappa shape index (κ3) is 6.06. The molecule has 0 spiro atoms. The van der Waals surface area contributed by atoms with Crippen molar-refractivity contribution in [2.24, 2.45) is 0 Å². The number of hydrogen-bond donors (Lipinski definition) is 1. The van der Waals surface area contributed by atoms with Crippen LogP contribution in [0.15, 0.2) is 72.9 Å². The van der Waals surface area contributed by atoms with E-state index in [0.29, 0.717) is 22.5 Å². The highest BCUT2D eigenvalue weighted by Gasteiger charge is 2.26. The summed E-state index contributed by atoms with van der Waals surface area (Å²) in [5.74, 6) is -1.08. The Balaban J connectivity index is 1.24. The summed E-state index contributed by atoms with van der Waals surface area (Å²) in [5.41, 5.74) is 5.06. The van der Waals surface area contributed by atoms with E-state index in [1.807, 2.05) is 0 Å². The van der Waals surface area contributed by atoms with E-state index in [2.05, 4.69) is 44.5 Å². The molecule has 4 aromatic rings. The number of aryl methyl sites for hydroxylation is 1. The molecular formula is C30H27ClF2N4O. The maximum absolute atomic E-state index is 14.5. The summed E-state index contributed by atoms with van der Waals surface area (Å²) in [4.78, 5) is 23.4. The number of nitrogens with one attached hydrogen (secondary N) is 1.